The number of rotatable bonds is 3. The van der Waals surface area contributed by atoms with Crippen LogP contribution in [0.5, 0.6) is 0 Å². The molecule has 1 heterocycles. The lowest BCUT2D eigenvalue weighted by atomic mass is 9.80. The lowest BCUT2D eigenvalue weighted by Crippen LogP contribution is -2.23. The normalized spacial score (nSPS) is 19.8. The van der Waals surface area contributed by atoms with Crippen LogP contribution in [0.2, 0.25) is 0 Å². The Morgan fingerprint density at radius 3 is 2.82 bits per heavy atom. The number of thioether (sulfide) groups is 1. The topological polar surface area (TPSA) is 0 Å². The maximum atomic E-state index is 2.47. The first-order valence-corrected chi connectivity index (χ1v) is 7.80. The van der Waals surface area contributed by atoms with E-state index in [1.807, 2.05) is 11.8 Å². The first kappa shape index (κ1) is 13.0. The average Bonchev–Trinajstić information content (AvgIpc) is 2.29. The minimum atomic E-state index is 0.364. The summed E-state index contributed by atoms with van der Waals surface area (Å²) in [6.45, 7) is 9.41. The van der Waals surface area contributed by atoms with Crippen LogP contribution in [0.15, 0.2) is 23.1 Å². The zero-order valence-electron chi connectivity index (χ0n) is 11.5. The summed E-state index contributed by atoms with van der Waals surface area (Å²) in [6, 6.07) is 7.16. The Labute approximate surface area is 110 Å². The molecule has 0 aliphatic carbocycles. The number of fused-ring (bicyclic) bond motifs is 1. The Kier molecular flexibility index (Phi) is 3.87. The molecule has 94 valence electrons. The zero-order valence-corrected chi connectivity index (χ0v) is 12.4. The molecular formula is C16H24S. The van der Waals surface area contributed by atoms with E-state index in [1.54, 1.807) is 5.56 Å². The summed E-state index contributed by atoms with van der Waals surface area (Å²) in [4.78, 5) is 1.51. The predicted molar refractivity (Wildman–Crippen MR) is 78.1 cm³/mol. The summed E-state index contributed by atoms with van der Waals surface area (Å²) in [5, 5.41) is 0. The monoisotopic (exact) mass is 248 g/mol. The van der Waals surface area contributed by atoms with Gasteiger partial charge in [-0.05, 0) is 47.1 Å². The molecule has 0 fully saturated rings. The van der Waals surface area contributed by atoms with E-state index in [0.717, 1.165) is 0 Å². The van der Waals surface area contributed by atoms with Gasteiger partial charge in [0.05, 0.1) is 0 Å². The summed E-state index contributed by atoms with van der Waals surface area (Å²) in [5.74, 6) is 1.97. The quantitative estimate of drug-likeness (QED) is 0.693. The van der Waals surface area contributed by atoms with E-state index in [9.17, 15) is 0 Å². The maximum Gasteiger partial charge on any atom is 0.0110 e. The molecule has 0 nitrogen and oxygen atoms in total. The smallest absolute Gasteiger partial charge is 0.0110 e. The summed E-state index contributed by atoms with van der Waals surface area (Å²) >= 11 is 2.02. The third-order valence-electron chi connectivity index (χ3n) is 4.01. The van der Waals surface area contributed by atoms with Crippen molar-refractivity contribution >= 4 is 11.8 Å². The van der Waals surface area contributed by atoms with Gasteiger partial charge in [-0.2, -0.15) is 0 Å². The lowest BCUT2D eigenvalue weighted by Gasteiger charge is -2.33. The predicted octanol–water partition coefficient (Wildman–Crippen LogP) is 5.36. The van der Waals surface area contributed by atoms with E-state index in [2.05, 4.69) is 45.9 Å². The molecule has 0 amide bonds. The molecule has 0 radical (unpaired) electrons. The molecule has 1 atom stereocenters. The van der Waals surface area contributed by atoms with Crippen molar-refractivity contribution in [1.82, 2.24) is 0 Å². The van der Waals surface area contributed by atoms with Crippen LogP contribution in [-0.2, 0) is 5.41 Å². The first-order chi connectivity index (χ1) is 8.04. The second kappa shape index (κ2) is 5.06. The second-order valence-corrected chi connectivity index (χ2v) is 7.06. The van der Waals surface area contributed by atoms with Crippen LogP contribution in [0.1, 0.15) is 64.0 Å². The van der Waals surface area contributed by atoms with Gasteiger partial charge in [0.2, 0.25) is 0 Å². The van der Waals surface area contributed by atoms with Crippen molar-refractivity contribution in [3.63, 3.8) is 0 Å². The highest BCUT2D eigenvalue weighted by Gasteiger charge is 2.28. The van der Waals surface area contributed by atoms with E-state index in [0.29, 0.717) is 11.3 Å². The van der Waals surface area contributed by atoms with Gasteiger partial charge in [-0.25, -0.2) is 0 Å². The van der Waals surface area contributed by atoms with Gasteiger partial charge in [-0.15, -0.1) is 11.8 Å². The molecule has 1 heteroatoms. The highest BCUT2D eigenvalue weighted by molar-refractivity contribution is 7.99. The largest absolute Gasteiger partial charge is 0.126 e. The van der Waals surface area contributed by atoms with Gasteiger partial charge in [0, 0.05) is 4.90 Å². The summed E-state index contributed by atoms with van der Waals surface area (Å²) in [6.07, 6.45) is 3.87. The van der Waals surface area contributed by atoms with Gasteiger partial charge in [0.1, 0.15) is 0 Å². The van der Waals surface area contributed by atoms with E-state index < -0.39 is 0 Å². The van der Waals surface area contributed by atoms with Crippen LogP contribution in [0, 0.1) is 0 Å². The Bertz CT molecular complexity index is 393. The van der Waals surface area contributed by atoms with Gasteiger partial charge in [-0.1, -0.05) is 46.2 Å². The van der Waals surface area contributed by atoms with E-state index in [4.69, 9.17) is 0 Å². The SMILES string of the molecule is CCCC(C)c1ccc2c(c1)C(C)(C)CCS2. The summed E-state index contributed by atoms with van der Waals surface area (Å²) < 4.78 is 0. The van der Waals surface area contributed by atoms with Crippen molar-refractivity contribution in [2.45, 2.75) is 63.2 Å². The molecule has 1 aromatic carbocycles. The number of hydrogen-bond donors (Lipinski definition) is 0. The maximum absolute atomic E-state index is 2.47. The highest BCUT2D eigenvalue weighted by atomic mass is 32.2. The van der Waals surface area contributed by atoms with Gasteiger partial charge in [-0.3, -0.25) is 0 Å². The molecule has 1 unspecified atom stereocenters. The number of benzene rings is 1. The van der Waals surface area contributed by atoms with Gasteiger partial charge < -0.3 is 0 Å². The molecule has 1 aliphatic heterocycles. The summed E-state index contributed by atoms with van der Waals surface area (Å²) in [5.41, 5.74) is 3.47. The first-order valence-electron chi connectivity index (χ1n) is 6.82. The molecule has 0 spiro atoms. The molecule has 1 aromatic rings. The third-order valence-corrected chi connectivity index (χ3v) is 5.08. The highest BCUT2D eigenvalue weighted by Crippen LogP contribution is 2.42. The molecule has 0 bridgehead atoms. The Morgan fingerprint density at radius 2 is 2.12 bits per heavy atom. The summed E-state index contributed by atoms with van der Waals surface area (Å²) in [7, 11) is 0. The van der Waals surface area contributed by atoms with Crippen LogP contribution < -0.4 is 0 Å². The number of hydrogen-bond acceptors (Lipinski definition) is 1. The van der Waals surface area contributed by atoms with Gasteiger partial charge >= 0.3 is 0 Å². The molecule has 0 N–H and O–H groups in total. The van der Waals surface area contributed by atoms with E-state index in [-0.39, 0.29) is 0 Å². The molecular weight excluding hydrogens is 224 g/mol. The fourth-order valence-corrected chi connectivity index (χ4v) is 4.15. The lowest BCUT2D eigenvalue weighted by molar-refractivity contribution is 0.492. The van der Waals surface area contributed by atoms with Gasteiger partial charge in [0.15, 0.2) is 0 Å². The second-order valence-electron chi connectivity index (χ2n) is 5.93. The molecule has 0 saturated heterocycles. The molecule has 0 aromatic heterocycles. The average molecular weight is 248 g/mol. The van der Waals surface area contributed by atoms with E-state index >= 15 is 0 Å². The standard InChI is InChI=1S/C16H24S/c1-5-6-12(2)13-7-8-15-14(11-13)16(3,4)9-10-17-15/h7-8,11-12H,5-6,9-10H2,1-4H3. The Balaban J connectivity index is 2.35. The Morgan fingerprint density at radius 1 is 1.35 bits per heavy atom. The fraction of sp³-hybridized carbons (Fsp3) is 0.625. The van der Waals surface area contributed by atoms with Crippen LogP contribution in [0.3, 0.4) is 0 Å². The van der Waals surface area contributed by atoms with Crippen LogP contribution >= 0.6 is 11.8 Å². The molecule has 2 rings (SSSR count). The van der Waals surface area contributed by atoms with E-state index in [1.165, 1.54) is 35.5 Å². The van der Waals surface area contributed by atoms with Crippen molar-refractivity contribution in [3.8, 4) is 0 Å². The molecule has 1 aliphatic rings. The molecule has 17 heavy (non-hydrogen) atoms. The Hall–Kier alpha value is -0.430. The van der Waals surface area contributed by atoms with Gasteiger partial charge in [0.25, 0.3) is 0 Å². The van der Waals surface area contributed by atoms with Crippen molar-refractivity contribution in [2.24, 2.45) is 0 Å². The third kappa shape index (κ3) is 2.70. The molecule has 0 saturated carbocycles. The van der Waals surface area contributed by atoms with Crippen molar-refractivity contribution in [2.75, 3.05) is 5.75 Å². The fourth-order valence-electron chi connectivity index (χ4n) is 2.66. The van der Waals surface area contributed by atoms with Crippen molar-refractivity contribution in [3.05, 3.63) is 29.3 Å². The van der Waals surface area contributed by atoms with Crippen molar-refractivity contribution in [1.29, 1.82) is 0 Å². The van der Waals surface area contributed by atoms with Crippen LogP contribution in [-0.4, -0.2) is 5.75 Å². The minimum absolute atomic E-state index is 0.364. The van der Waals surface area contributed by atoms with Crippen LogP contribution in [0.25, 0.3) is 0 Å². The zero-order chi connectivity index (χ0) is 12.5. The van der Waals surface area contributed by atoms with Crippen molar-refractivity contribution < 1.29 is 0 Å². The minimum Gasteiger partial charge on any atom is -0.126 e. The van der Waals surface area contributed by atoms with Crippen LogP contribution in [0.4, 0.5) is 0 Å².